The highest BCUT2D eigenvalue weighted by atomic mass is 16.6. The smallest absolute Gasteiger partial charge is 0.314 e. The van der Waals surface area contributed by atoms with E-state index in [0.717, 1.165) is 6.07 Å². The molecule has 5 nitrogen and oxygen atoms in total. The first-order valence-corrected chi connectivity index (χ1v) is 4.50. The van der Waals surface area contributed by atoms with Gasteiger partial charge < -0.3 is 5.11 Å². The van der Waals surface area contributed by atoms with E-state index in [1.807, 2.05) is 0 Å². The van der Waals surface area contributed by atoms with E-state index in [-0.39, 0.29) is 5.39 Å². The van der Waals surface area contributed by atoms with Crippen molar-refractivity contribution in [1.29, 1.82) is 0 Å². The average molecular weight is 217 g/mol. The maximum absolute atomic E-state index is 11.7. The van der Waals surface area contributed by atoms with Gasteiger partial charge in [0.2, 0.25) is 11.2 Å². The summed E-state index contributed by atoms with van der Waals surface area (Å²) >= 11 is 0. The largest absolute Gasteiger partial charge is 0.499 e. The van der Waals surface area contributed by atoms with Crippen molar-refractivity contribution in [3.05, 3.63) is 56.7 Å². The van der Waals surface area contributed by atoms with Crippen LogP contribution in [0.25, 0.3) is 10.8 Å². The quantitative estimate of drug-likeness (QED) is 0.583. The molecule has 0 aliphatic carbocycles. The zero-order chi connectivity index (χ0) is 11.7. The molecule has 5 heteroatoms. The van der Waals surface area contributed by atoms with Crippen LogP contribution in [0.5, 0.6) is 5.75 Å². The van der Waals surface area contributed by atoms with Gasteiger partial charge in [0.25, 0.3) is 0 Å². The third-order valence-electron chi connectivity index (χ3n) is 2.28. The Morgan fingerprint density at radius 3 is 2.50 bits per heavy atom. The molecule has 0 aliphatic rings. The molecule has 0 bridgehead atoms. The molecule has 2 aromatic rings. The van der Waals surface area contributed by atoms with Gasteiger partial charge in [0.1, 0.15) is 0 Å². The lowest BCUT2D eigenvalue weighted by Gasteiger charge is -1.89. The van der Waals surface area contributed by atoms with Gasteiger partial charge in [-0.3, -0.25) is 14.9 Å². The van der Waals surface area contributed by atoms with E-state index in [0.29, 0.717) is 5.39 Å². The molecule has 0 heterocycles. The Kier molecular flexibility index (Phi) is 2.28. The van der Waals surface area contributed by atoms with Crippen molar-refractivity contribution < 1.29 is 10.0 Å². The molecule has 0 saturated carbocycles. The molecule has 0 aromatic heterocycles. The van der Waals surface area contributed by atoms with Crippen molar-refractivity contribution in [3.8, 4) is 5.75 Å². The molecule has 2 aromatic carbocycles. The SMILES string of the molecule is O=c1c(O)c([N+](=O)[O-])ccc2ccccc12. The van der Waals surface area contributed by atoms with Gasteiger partial charge in [-0.25, -0.2) is 0 Å². The second kappa shape index (κ2) is 3.62. The normalized spacial score (nSPS) is 10.2. The van der Waals surface area contributed by atoms with E-state index < -0.39 is 21.8 Å². The summed E-state index contributed by atoms with van der Waals surface area (Å²) in [4.78, 5) is 21.5. The van der Waals surface area contributed by atoms with Gasteiger partial charge in [-0.15, -0.1) is 0 Å². The van der Waals surface area contributed by atoms with Gasteiger partial charge in [-0.05, 0) is 11.5 Å². The summed E-state index contributed by atoms with van der Waals surface area (Å²) in [5.74, 6) is -0.828. The average Bonchev–Trinajstić information content (AvgIpc) is 2.39. The number of nitro groups is 1. The molecule has 80 valence electrons. The van der Waals surface area contributed by atoms with Crippen LogP contribution >= 0.6 is 0 Å². The number of aromatic hydroxyl groups is 1. The molecule has 0 amide bonds. The number of nitrogens with zero attached hydrogens (tertiary/aromatic N) is 1. The Balaban J connectivity index is 3.00. The number of hydrogen-bond donors (Lipinski definition) is 1. The lowest BCUT2D eigenvalue weighted by atomic mass is 10.2. The monoisotopic (exact) mass is 217 g/mol. The predicted octanol–water partition coefficient (Wildman–Crippen LogP) is 1.81. The van der Waals surface area contributed by atoms with Crippen molar-refractivity contribution in [2.24, 2.45) is 0 Å². The molecule has 0 saturated heterocycles. The van der Waals surface area contributed by atoms with Gasteiger partial charge in [-0.1, -0.05) is 24.3 Å². The van der Waals surface area contributed by atoms with Gasteiger partial charge in [0.15, 0.2) is 0 Å². The number of fused-ring (bicyclic) bond motifs is 1. The third-order valence-corrected chi connectivity index (χ3v) is 2.28. The zero-order valence-corrected chi connectivity index (χ0v) is 8.08. The van der Waals surface area contributed by atoms with Crippen molar-refractivity contribution in [1.82, 2.24) is 0 Å². The molecule has 0 aliphatic heterocycles. The van der Waals surface area contributed by atoms with Gasteiger partial charge in [0.05, 0.1) is 4.92 Å². The summed E-state index contributed by atoms with van der Waals surface area (Å²) in [5, 5.41) is 20.9. The molecular weight excluding hydrogens is 210 g/mol. The molecule has 0 radical (unpaired) electrons. The molecule has 0 atom stereocenters. The van der Waals surface area contributed by atoms with E-state index in [1.165, 1.54) is 12.1 Å². The minimum Gasteiger partial charge on any atom is -0.499 e. The van der Waals surface area contributed by atoms with Gasteiger partial charge >= 0.3 is 5.69 Å². The Bertz CT molecular complexity index is 636. The number of hydrogen-bond acceptors (Lipinski definition) is 4. The summed E-state index contributed by atoms with van der Waals surface area (Å²) in [6.45, 7) is 0. The minimum absolute atomic E-state index is 0.258. The van der Waals surface area contributed by atoms with E-state index in [9.17, 15) is 20.0 Å². The molecule has 2 rings (SSSR count). The van der Waals surface area contributed by atoms with Crippen LogP contribution in [0.1, 0.15) is 0 Å². The van der Waals surface area contributed by atoms with Gasteiger partial charge in [-0.2, -0.15) is 0 Å². The Morgan fingerprint density at radius 1 is 1.12 bits per heavy atom. The van der Waals surface area contributed by atoms with Crippen molar-refractivity contribution in [2.45, 2.75) is 0 Å². The van der Waals surface area contributed by atoms with Crippen LogP contribution < -0.4 is 5.43 Å². The first-order valence-electron chi connectivity index (χ1n) is 4.50. The summed E-state index contributed by atoms with van der Waals surface area (Å²) in [6.07, 6.45) is 0. The van der Waals surface area contributed by atoms with E-state index in [1.54, 1.807) is 18.2 Å². The van der Waals surface area contributed by atoms with Crippen LogP contribution in [-0.2, 0) is 0 Å². The van der Waals surface area contributed by atoms with Crippen molar-refractivity contribution in [2.75, 3.05) is 0 Å². The van der Waals surface area contributed by atoms with Gasteiger partial charge in [0, 0.05) is 11.5 Å². The maximum Gasteiger partial charge on any atom is 0.314 e. The van der Waals surface area contributed by atoms with Crippen LogP contribution in [0.4, 0.5) is 5.69 Å². The second-order valence-electron chi connectivity index (χ2n) is 3.24. The summed E-state index contributed by atoms with van der Waals surface area (Å²) < 4.78 is 0. The number of rotatable bonds is 1. The van der Waals surface area contributed by atoms with E-state index >= 15 is 0 Å². The molecule has 16 heavy (non-hydrogen) atoms. The lowest BCUT2D eigenvalue weighted by molar-refractivity contribution is -0.385. The highest BCUT2D eigenvalue weighted by molar-refractivity contribution is 5.83. The van der Waals surface area contributed by atoms with Crippen LogP contribution in [0, 0.1) is 10.1 Å². The van der Waals surface area contributed by atoms with E-state index in [2.05, 4.69) is 0 Å². The van der Waals surface area contributed by atoms with Crippen LogP contribution in [-0.4, -0.2) is 10.0 Å². The fourth-order valence-corrected chi connectivity index (χ4v) is 1.49. The third kappa shape index (κ3) is 1.48. The minimum atomic E-state index is -0.828. The highest BCUT2D eigenvalue weighted by Gasteiger charge is 2.15. The fourth-order valence-electron chi connectivity index (χ4n) is 1.49. The summed E-state index contributed by atoms with van der Waals surface area (Å²) in [6, 6.07) is 9.08. The maximum atomic E-state index is 11.7. The zero-order valence-electron chi connectivity index (χ0n) is 8.08. The Labute approximate surface area is 89.7 Å². The summed E-state index contributed by atoms with van der Waals surface area (Å²) in [7, 11) is 0. The lowest BCUT2D eigenvalue weighted by Crippen LogP contribution is -1.99. The number of benzene rings is 1. The van der Waals surface area contributed by atoms with E-state index in [4.69, 9.17) is 0 Å². The van der Waals surface area contributed by atoms with Crippen LogP contribution in [0.3, 0.4) is 0 Å². The molecular formula is C11H7NO4. The fraction of sp³-hybridized carbons (Fsp3) is 0. The highest BCUT2D eigenvalue weighted by Crippen LogP contribution is 2.22. The topological polar surface area (TPSA) is 80.4 Å². The van der Waals surface area contributed by atoms with Crippen LogP contribution in [0.15, 0.2) is 41.2 Å². The Hall–Kier alpha value is -2.43. The molecule has 0 unspecified atom stereocenters. The van der Waals surface area contributed by atoms with Crippen LogP contribution in [0.2, 0.25) is 0 Å². The van der Waals surface area contributed by atoms with Crippen molar-refractivity contribution in [3.63, 3.8) is 0 Å². The first kappa shape index (κ1) is 10.1. The van der Waals surface area contributed by atoms with Crippen molar-refractivity contribution >= 4 is 16.5 Å². The second-order valence-corrected chi connectivity index (χ2v) is 3.24. The first-order chi connectivity index (χ1) is 7.61. The molecule has 0 spiro atoms. The standard InChI is InChI=1S/C11H7NO4/c13-10-8-4-2-1-3-7(8)5-6-9(11(10)14)12(15)16/h1-6H,(H,13,14). The summed E-state index contributed by atoms with van der Waals surface area (Å²) in [5.41, 5.74) is -1.31. The predicted molar refractivity (Wildman–Crippen MR) is 58.5 cm³/mol. The Morgan fingerprint density at radius 2 is 1.81 bits per heavy atom. The molecule has 1 N–H and O–H groups in total. The molecule has 0 fully saturated rings.